The third kappa shape index (κ3) is 4.82. The first-order valence-corrected chi connectivity index (χ1v) is 9.53. The van der Waals surface area contributed by atoms with Crippen molar-refractivity contribution in [2.45, 2.75) is 39.8 Å². The van der Waals surface area contributed by atoms with Crippen molar-refractivity contribution in [3.63, 3.8) is 0 Å². The molecule has 6 nitrogen and oxygen atoms in total. The van der Waals surface area contributed by atoms with E-state index >= 15 is 0 Å². The van der Waals surface area contributed by atoms with E-state index in [0.717, 1.165) is 34.6 Å². The molecule has 2 aromatic carbocycles. The molecule has 0 radical (unpaired) electrons. The van der Waals surface area contributed by atoms with E-state index in [9.17, 15) is 9.59 Å². The number of benzene rings is 2. The second-order valence-corrected chi connectivity index (χ2v) is 6.96. The lowest BCUT2D eigenvalue weighted by Gasteiger charge is -2.13. The predicted octanol–water partition coefficient (Wildman–Crippen LogP) is 2.76. The predicted molar refractivity (Wildman–Crippen MR) is 107 cm³/mol. The van der Waals surface area contributed by atoms with E-state index < -0.39 is 0 Å². The molecular formula is C22H26N2O4. The molecule has 6 heteroatoms. The molecule has 1 aliphatic rings. The van der Waals surface area contributed by atoms with E-state index in [0.29, 0.717) is 18.7 Å². The Kier molecular flexibility index (Phi) is 6.19. The van der Waals surface area contributed by atoms with Crippen molar-refractivity contribution < 1.29 is 19.1 Å². The summed E-state index contributed by atoms with van der Waals surface area (Å²) in [5.74, 6) is 1.06. The number of carbonyl (C=O) groups excluding carboxylic acids is 2. The van der Waals surface area contributed by atoms with E-state index in [1.165, 1.54) is 0 Å². The average molecular weight is 382 g/mol. The van der Waals surface area contributed by atoms with Crippen LogP contribution in [0, 0.1) is 6.92 Å². The Balaban J connectivity index is 1.57. The summed E-state index contributed by atoms with van der Waals surface area (Å²) in [6.45, 7) is 6.63. The van der Waals surface area contributed by atoms with E-state index in [1.807, 2.05) is 45.0 Å². The SMILES string of the molecule is CCOc1cc2c(cc1CNC(=O)CNC(=O)c1cccc(C)c1)O[C@H](C)C2. The summed E-state index contributed by atoms with van der Waals surface area (Å²) >= 11 is 0. The van der Waals surface area contributed by atoms with Crippen LogP contribution in [-0.2, 0) is 17.8 Å². The lowest BCUT2D eigenvalue weighted by Crippen LogP contribution is -2.36. The van der Waals surface area contributed by atoms with Crippen molar-refractivity contribution in [2.24, 2.45) is 0 Å². The molecule has 3 rings (SSSR count). The van der Waals surface area contributed by atoms with Crippen LogP contribution in [0.1, 0.15) is 40.9 Å². The Morgan fingerprint density at radius 2 is 2.04 bits per heavy atom. The summed E-state index contributed by atoms with van der Waals surface area (Å²) in [6, 6.07) is 11.2. The molecule has 0 aromatic heterocycles. The normalized spacial score (nSPS) is 14.8. The number of fused-ring (bicyclic) bond motifs is 1. The Bertz CT molecular complexity index is 879. The molecule has 0 spiro atoms. The molecule has 1 heterocycles. The van der Waals surface area contributed by atoms with Gasteiger partial charge in [-0.15, -0.1) is 0 Å². The number of aryl methyl sites for hydroxylation is 1. The van der Waals surface area contributed by atoms with Gasteiger partial charge in [0.15, 0.2) is 0 Å². The number of amides is 2. The van der Waals surface area contributed by atoms with Crippen LogP contribution >= 0.6 is 0 Å². The van der Waals surface area contributed by atoms with Crippen LogP contribution in [0.2, 0.25) is 0 Å². The molecular weight excluding hydrogens is 356 g/mol. The third-order valence-electron chi connectivity index (χ3n) is 4.54. The van der Waals surface area contributed by atoms with Crippen LogP contribution in [0.5, 0.6) is 11.5 Å². The molecule has 1 aliphatic heterocycles. The molecule has 1 atom stereocenters. The Hall–Kier alpha value is -3.02. The van der Waals surface area contributed by atoms with Gasteiger partial charge in [-0.25, -0.2) is 0 Å². The lowest BCUT2D eigenvalue weighted by molar-refractivity contribution is -0.120. The summed E-state index contributed by atoms with van der Waals surface area (Å²) in [5.41, 5.74) is 3.51. The molecule has 0 aliphatic carbocycles. The van der Waals surface area contributed by atoms with Gasteiger partial charge in [-0.2, -0.15) is 0 Å². The zero-order valence-electron chi connectivity index (χ0n) is 16.5. The van der Waals surface area contributed by atoms with Gasteiger partial charge in [-0.3, -0.25) is 9.59 Å². The zero-order chi connectivity index (χ0) is 20.1. The number of hydrogen-bond donors (Lipinski definition) is 2. The van der Waals surface area contributed by atoms with Gasteiger partial charge < -0.3 is 20.1 Å². The minimum absolute atomic E-state index is 0.0881. The molecule has 0 bridgehead atoms. The smallest absolute Gasteiger partial charge is 0.251 e. The zero-order valence-corrected chi connectivity index (χ0v) is 16.5. The topological polar surface area (TPSA) is 76.7 Å². The minimum atomic E-state index is -0.270. The minimum Gasteiger partial charge on any atom is -0.494 e. The van der Waals surface area contributed by atoms with E-state index in [-0.39, 0.29) is 24.5 Å². The molecule has 0 saturated heterocycles. The summed E-state index contributed by atoms with van der Waals surface area (Å²) in [4.78, 5) is 24.3. The van der Waals surface area contributed by atoms with E-state index in [2.05, 4.69) is 10.6 Å². The molecule has 0 fully saturated rings. The van der Waals surface area contributed by atoms with Gasteiger partial charge in [-0.05, 0) is 45.0 Å². The van der Waals surface area contributed by atoms with Gasteiger partial charge >= 0.3 is 0 Å². The first-order chi connectivity index (χ1) is 13.5. The fourth-order valence-corrected chi connectivity index (χ4v) is 3.21. The second-order valence-electron chi connectivity index (χ2n) is 6.96. The number of nitrogens with one attached hydrogen (secondary N) is 2. The van der Waals surface area contributed by atoms with Gasteiger partial charge in [0.2, 0.25) is 5.91 Å². The van der Waals surface area contributed by atoms with Crippen LogP contribution < -0.4 is 20.1 Å². The number of carbonyl (C=O) groups is 2. The quantitative estimate of drug-likeness (QED) is 0.772. The molecule has 2 aromatic rings. The average Bonchev–Trinajstić information content (AvgIpc) is 3.03. The standard InChI is InChI=1S/C22H26N2O4/c1-4-27-19-10-17-9-15(3)28-20(17)11-18(19)12-23-21(25)13-24-22(26)16-7-5-6-14(2)8-16/h5-8,10-11,15H,4,9,12-13H2,1-3H3,(H,23,25)(H,24,26)/t15-/m1/s1. The van der Waals surface area contributed by atoms with Crippen molar-refractivity contribution in [3.05, 3.63) is 58.7 Å². The number of hydrogen-bond acceptors (Lipinski definition) is 4. The van der Waals surface area contributed by atoms with Gasteiger partial charge in [0.05, 0.1) is 13.2 Å². The molecule has 0 unspecified atom stereocenters. The number of rotatable bonds is 7. The van der Waals surface area contributed by atoms with Gasteiger partial charge in [0, 0.05) is 29.7 Å². The van der Waals surface area contributed by atoms with Crippen molar-refractivity contribution in [2.75, 3.05) is 13.2 Å². The van der Waals surface area contributed by atoms with Crippen molar-refractivity contribution in [1.82, 2.24) is 10.6 Å². The van der Waals surface area contributed by atoms with Gasteiger partial charge in [0.1, 0.15) is 17.6 Å². The molecule has 28 heavy (non-hydrogen) atoms. The summed E-state index contributed by atoms with van der Waals surface area (Å²) in [7, 11) is 0. The molecule has 148 valence electrons. The Morgan fingerprint density at radius 1 is 1.21 bits per heavy atom. The molecule has 0 saturated carbocycles. The van der Waals surface area contributed by atoms with Crippen molar-refractivity contribution in [3.8, 4) is 11.5 Å². The summed E-state index contributed by atoms with van der Waals surface area (Å²) in [6.07, 6.45) is 0.999. The van der Waals surface area contributed by atoms with Gasteiger partial charge in [0.25, 0.3) is 5.91 Å². The fourth-order valence-electron chi connectivity index (χ4n) is 3.21. The van der Waals surface area contributed by atoms with Crippen LogP contribution in [0.3, 0.4) is 0 Å². The Morgan fingerprint density at radius 3 is 2.79 bits per heavy atom. The van der Waals surface area contributed by atoms with E-state index in [1.54, 1.807) is 12.1 Å². The highest BCUT2D eigenvalue weighted by molar-refractivity contribution is 5.96. The first-order valence-electron chi connectivity index (χ1n) is 9.53. The van der Waals surface area contributed by atoms with Gasteiger partial charge in [-0.1, -0.05) is 17.7 Å². The summed E-state index contributed by atoms with van der Waals surface area (Å²) in [5, 5.41) is 5.47. The van der Waals surface area contributed by atoms with Crippen molar-refractivity contribution in [1.29, 1.82) is 0 Å². The maximum atomic E-state index is 12.2. The summed E-state index contributed by atoms with van der Waals surface area (Å²) < 4.78 is 11.5. The Labute approximate surface area is 165 Å². The lowest BCUT2D eigenvalue weighted by atomic mass is 10.1. The maximum absolute atomic E-state index is 12.2. The molecule has 2 N–H and O–H groups in total. The highest BCUT2D eigenvalue weighted by Gasteiger charge is 2.22. The third-order valence-corrected chi connectivity index (χ3v) is 4.54. The largest absolute Gasteiger partial charge is 0.494 e. The highest BCUT2D eigenvalue weighted by Crippen LogP contribution is 2.35. The van der Waals surface area contributed by atoms with Crippen LogP contribution in [0.4, 0.5) is 0 Å². The monoisotopic (exact) mass is 382 g/mol. The first kappa shape index (κ1) is 19.7. The number of ether oxygens (including phenoxy) is 2. The maximum Gasteiger partial charge on any atom is 0.251 e. The van der Waals surface area contributed by atoms with Crippen LogP contribution in [0.25, 0.3) is 0 Å². The highest BCUT2D eigenvalue weighted by atomic mass is 16.5. The van der Waals surface area contributed by atoms with Crippen molar-refractivity contribution >= 4 is 11.8 Å². The second kappa shape index (κ2) is 8.78. The van der Waals surface area contributed by atoms with Crippen LogP contribution in [-0.4, -0.2) is 31.1 Å². The van der Waals surface area contributed by atoms with Crippen LogP contribution in [0.15, 0.2) is 36.4 Å². The molecule has 2 amide bonds. The van der Waals surface area contributed by atoms with E-state index in [4.69, 9.17) is 9.47 Å². The fraction of sp³-hybridized carbons (Fsp3) is 0.364.